The number of aromatic nitrogens is 1. The van der Waals surface area contributed by atoms with Crippen LogP contribution in [0, 0.1) is 0 Å². The third kappa shape index (κ3) is 4.06. The Hall–Kier alpha value is -1.54. The van der Waals surface area contributed by atoms with Crippen LogP contribution in [-0.2, 0) is 11.0 Å². The molecule has 3 N–H and O–H groups in total. The number of carbonyl (C=O) groups excluding carboxylic acids is 1. The molecule has 0 spiro atoms. The number of rotatable bonds is 3. The predicted octanol–water partition coefficient (Wildman–Crippen LogP) is 2.18. The van der Waals surface area contributed by atoms with E-state index in [1.54, 1.807) is 4.90 Å². The first-order valence-electron chi connectivity index (χ1n) is 7.15. The summed E-state index contributed by atoms with van der Waals surface area (Å²) in [6.45, 7) is 3.94. The van der Waals surface area contributed by atoms with Crippen molar-refractivity contribution in [3.63, 3.8) is 0 Å². The van der Waals surface area contributed by atoms with Gasteiger partial charge in [-0.25, -0.2) is 4.98 Å². The van der Waals surface area contributed by atoms with Gasteiger partial charge in [-0.3, -0.25) is 4.79 Å². The van der Waals surface area contributed by atoms with Gasteiger partial charge in [0.05, 0.1) is 10.6 Å². The number of hydrogen-bond donors (Lipinski definition) is 2. The number of halogens is 4. The van der Waals surface area contributed by atoms with Crippen LogP contribution in [0.1, 0.15) is 25.8 Å². The van der Waals surface area contributed by atoms with E-state index in [0.717, 1.165) is 6.07 Å². The van der Waals surface area contributed by atoms with Gasteiger partial charge in [-0.05, 0) is 26.3 Å². The first-order valence-corrected chi connectivity index (χ1v) is 7.52. The second kappa shape index (κ2) is 6.52. The van der Waals surface area contributed by atoms with Crippen LogP contribution in [0.15, 0.2) is 12.3 Å². The molecule has 5 nitrogen and oxygen atoms in total. The molecule has 1 amide bonds. The first-order chi connectivity index (χ1) is 10.6. The normalized spacial score (nSPS) is 21.8. The van der Waals surface area contributed by atoms with Crippen molar-refractivity contribution in [2.45, 2.75) is 44.6 Å². The minimum absolute atomic E-state index is 0.0581. The zero-order valence-electron chi connectivity index (χ0n) is 12.7. The molecule has 1 fully saturated rings. The molecule has 1 aromatic heterocycles. The maximum Gasteiger partial charge on any atom is 0.417 e. The first kappa shape index (κ1) is 17.8. The van der Waals surface area contributed by atoms with E-state index in [1.165, 1.54) is 0 Å². The second-order valence-electron chi connectivity index (χ2n) is 5.85. The minimum atomic E-state index is -4.52. The molecule has 1 aromatic rings. The molecule has 1 aliphatic rings. The van der Waals surface area contributed by atoms with E-state index in [2.05, 4.69) is 10.3 Å². The van der Waals surface area contributed by atoms with Crippen molar-refractivity contribution < 1.29 is 18.0 Å². The Kier molecular flexibility index (Phi) is 5.05. The molecule has 1 aliphatic heterocycles. The van der Waals surface area contributed by atoms with Gasteiger partial charge in [-0.1, -0.05) is 11.6 Å². The topological polar surface area (TPSA) is 71.2 Å². The van der Waals surface area contributed by atoms with Gasteiger partial charge in [-0.2, -0.15) is 13.2 Å². The number of nitrogens with zero attached hydrogens (tertiary/aromatic N) is 2. The Balaban J connectivity index is 2.30. The van der Waals surface area contributed by atoms with E-state index in [9.17, 15) is 18.0 Å². The summed E-state index contributed by atoms with van der Waals surface area (Å²) in [7, 11) is 0. The molecule has 0 bridgehead atoms. The molecule has 0 saturated carbocycles. The van der Waals surface area contributed by atoms with Crippen molar-refractivity contribution in [3.8, 4) is 0 Å². The number of pyridine rings is 1. The van der Waals surface area contributed by atoms with E-state index < -0.39 is 17.8 Å². The van der Waals surface area contributed by atoms with Gasteiger partial charge in [0.25, 0.3) is 0 Å². The summed E-state index contributed by atoms with van der Waals surface area (Å²) in [4.78, 5) is 17.6. The fourth-order valence-corrected chi connectivity index (χ4v) is 2.80. The molecule has 2 rings (SSSR count). The van der Waals surface area contributed by atoms with Crippen molar-refractivity contribution >= 4 is 23.3 Å². The summed E-state index contributed by atoms with van der Waals surface area (Å²) in [5.41, 5.74) is 4.97. The number of anilines is 1. The van der Waals surface area contributed by atoms with Crippen molar-refractivity contribution in [1.29, 1.82) is 0 Å². The Morgan fingerprint density at radius 2 is 2.17 bits per heavy atom. The molecular weight excluding hydrogens is 333 g/mol. The molecule has 1 saturated heterocycles. The van der Waals surface area contributed by atoms with E-state index in [1.807, 2.05) is 13.8 Å². The quantitative estimate of drug-likeness (QED) is 0.876. The number of nitrogens with two attached hydrogens (primary N) is 1. The average molecular weight is 351 g/mol. The maximum atomic E-state index is 12.7. The van der Waals surface area contributed by atoms with Crippen molar-refractivity contribution in [3.05, 3.63) is 22.8 Å². The Morgan fingerprint density at radius 1 is 1.52 bits per heavy atom. The van der Waals surface area contributed by atoms with Crippen LogP contribution in [0.2, 0.25) is 5.02 Å². The molecule has 0 aromatic carbocycles. The number of amides is 1. The third-order valence-corrected chi connectivity index (χ3v) is 3.77. The standard InChI is InChI=1S/C14H18ClF3N4O/c1-7(2)21-13(23)11-4-9(19)6-22(11)12-10(15)3-8(5-20-12)14(16,17)18/h3,5,7,9,11H,4,6,19H2,1-2H3,(H,21,23)/t9-,11+/m1/s1. The van der Waals surface area contributed by atoms with Crippen LogP contribution in [0.3, 0.4) is 0 Å². The van der Waals surface area contributed by atoms with E-state index in [4.69, 9.17) is 17.3 Å². The highest BCUT2D eigenvalue weighted by atomic mass is 35.5. The molecule has 128 valence electrons. The second-order valence-corrected chi connectivity index (χ2v) is 6.26. The largest absolute Gasteiger partial charge is 0.417 e. The molecule has 2 heterocycles. The highest BCUT2D eigenvalue weighted by molar-refractivity contribution is 6.33. The fourth-order valence-electron chi connectivity index (χ4n) is 2.53. The number of alkyl halides is 3. The summed E-state index contributed by atoms with van der Waals surface area (Å²) in [6, 6.07) is -0.130. The Morgan fingerprint density at radius 3 is 2.70 bits per heavy atom. The summed E-state index contributed by atoms with van der Waals surface area (Å²) in [5.74, 6) is -0.109. The minimum Gasteiger partial charge on any atom is -0.352 e. The van der Waals surface area contributed by atoms with Gasteiger partial charge in [0.15, 0.2) is 0 Å². The third-order valence-electron chi connectivity index (χ3n) is 3.49. The van der Waals surface area contributed by atoms with Crippen molar-refractivity contribution in [1.82, 2.24) is 10.3 Å². The van der Waals surface area contributed by atoms with Gasteiger partial charge in [0, 0.05) is 24.8 Å². The van der Waals surface area contributed by atoms with Crippen LogP contribution >= 0.6 is 11.6 Å². The summed E-state index contributed by atoms with van der Waals surface area (Å²) in [5, 5.41) is 2.62. The van der Waals surface area contributed by atoms with Gasteiger partial charge in [0.1, 0.15) is 11.9 Å². The van der Waals surface area contributed by atoms with Crippen LogP contribution in [0.5, 0.6) is 0 Å². The van der Waals surface area contributed by atoms with Gasteiger partial charge < -0.3 is 16.0 Å². The lowest BCUT2D eigenvalue weighted by Gasteiger charge is -2.26. The molecule has 0 unspecified atom stereocenters. The highest BCUT2D eigenvalue weighted by Crippen LogP contribution is 2.35. The van der Waals surface area contributed by atoms with Crippen LogP contribution in [-0.4, -0.2) is 35.6 Å². The van der Waals surface area contributed by atoms with Crippen molar-refractivity contribution in [2.75, 3.05) is 11.4 Å². The monoisotopic (exact) mass is 350 g/mol. The Labute approximate surface area is 137 Å². The van der Waals surface area contributed by atoms with Gasteiger partial charge >= 0.3 is 6.18 Å². The number of hydrogen-bond acceptors (Lipinski definition) is 4. The molecular formula is C14H18ClF3N4O. The van der Waals surface area contributed by atoms with E-state index >= 15 is 0 Å². The maximum absolute atomic E-state index is 12.7. The Bertz CT molecular complexity index is 594. The molecule has 0 radical (unpaired) electrons. The van der Waals surface area contributed by atoms with Crippen molar-refractivity contribution in [2.24, 2.45) is 5.73 Å². The number of carbonyl (C=O) groups is 1. The van der Waals surface area contributed by atoms with Gasteiger partial charge in [-0.15, -0.1) is 0 Å². The predicted molar refractivity (Wildman–Crippen MR) is 81.3 cm³/mol. The molecule has 0 aliphatic carbocycles. The van der Waals surface area contributed by atoms with Gasteiger partial charge in [0.2, 0.25) is 5.91 Å². The molecule has 2 atom stereocenters. The summed E-state index contributed by atoms with van der Waals surface area (Å²) < 4.78 is 38.1. The average Bonchev–Trinajstić information content (AvgIpc) is 2.78. The molecule has 23 heavy (non-hydrogen) atoms. The lowest BCUT2D eigenvalue weighted by atomic mass is 10.1. The summed E-state index contributed by atoms with van der Waals surface area (Å²) >= 11 is 5.96. The lowest BCUT2D eigenvalue weighted by molar-refractivity contribution is -0.137. The smallest absolute Gasteiger partial charge is 0.352 e. The zero-order chi connectivity index (χ0) is 17.4. The fraction of sp³-hybridized carbons (Fsp3) is 0.571. The molecule has 9 heteroatoms. The zero-order valence-corrected chi connectivity index (χ0v) is 13.4. The van der Waals surface area contributed by atoms with Crippen LogP contribution < -0.4 is 16.0 Å². The number of nitrogens with one attached hydrogen (secondary N) is 1. The van der Waals surface area contributed by atoms with E-state index in [0.29, 0.717) is 19.2 Å². The summed E-state index contributed by atoms with van der Waals surface area (Å²) in [6.07, 6.45) is -3.43. The van der Waals surface area contributed by atoms with E-state index in [-0.39, 0.29) is 28.8 Å². The SMILES string of the molecule is CC(C)NC(=O)[C@@H]1C[C@@H](N)CN1c1ncc(C(F)(F)F)cc1Cl. The van der Waals surface area contributed by atoms with Crippen LogP contribution in [0.4, 0.5) is 19.0 Å². The lowest BCUT2D eigenvalue weighted by Crippen LogP contribution is -2.46. The highest BCUT2D eigenvalue weighted by Gasteiger charge is 2.38. The van der Waals surface area contributed by atoms with Crippen LogP contribution in [0.25, 0.3) is 0 Å².